The van der Waals surface area contributed by atoms with Crippen LogP contribution in [-0.4, -0.2) is 30.4 Å². The van der Waals surface area contributed by atoms with Gasteiger partial charge in [0, 0.05) is 0 Å². The summed E-state index contributed by atoms with van der Waals surface area (Å²) in [4.78, 5) is 9.35. The van der Waals surface area contributed by atoms with Crippen molar-refractivity contribution in [2.75, 3.05) is 13.1 Å². The number of piperidine rings is 1. The maximum Gasteiger partial charge on any atom is 3.00 e. The van der Waals surface area contributed by atoms with E-state index in [1.54, 1.807) is 0 Å². The Kier molecular flexibility index (Phi) is 10.3. The van der Waals surface area contributed by atoms with Crippen molar-refractivity contribution < 1.29 is 31.1 Å². The molecule has 1 radical (unpaired) electrons. The Morgan fingerprint density at radius 2 is 2.32 bits per heavy atom. The number of nitrogens with zero attached hydrogens (tertiary/aromatic N) is 2. The van der Waals surface area contributed by atoms with Crippen LogP contribution < -0.4 is 0 Å². The number of ether oxygens (including phenoxy) is 1. The Morgan fingerprint density at radius 1 is 1.53 bits per heavy atom. The predicted octanol–water partition coefficient (Wildman–Crippen LogP) is 3.60. The molecule has 0 aromatic heterocycles. The zero-order valence-corrected chi connectivity index (χ0v) is 11.9. The van der Waals surface area contributed by atoms with Crippen LogP contribution in [-0.2, 0) is 21.2 Å². The minimum atomic E-state index is -1.27. The fraction of sp³-hybridized carbons (Fsp3) is 0.538. The molecule has 0 spiro atoms. The topological polar surface area (TPSA) is 74.7 Å². The number of hydrogen-bond donors (Lipinski definition) is 1. The number of carboxylic acid groups (broad SMARTS) is 1. The molecule has 0 aliphatic carbocycles. The first-order valence-corrected chi connectivity index (χ1v) is 6.12. The molecule has 0 aromatic rings. The molecule has 0 amide bonds. The maximum atomic E-state index is 9.35. The van der Waals surface area contributed by atoms with Gasteiger partial charge in [0.1, 0.15) is 0 Å². The molecule has 1 unspecified atom stereocenters. The van der Waals surface area contributed by atoms with Crippen LogP contribution in [0.25, 0.3) is 10.6 Å². The molecule has 0 aromatic carbocycles. The van der Waals surface area contributed by atoms with Crippen molar-refractivity contribution in [3.63, 3.8) is 0 Å². The van der Waals surface area contributed by atoms with Crippen molar-refractivity contribution in [1.29, 1.82) is 0 Å². The van der Waals surface area contributed by atoms with Crippen molar-refractivity contribution >= 4 is 6.16 Å². The summed E-state index contributed by atoms with van der Waals surface area (Å²) in [5.41, 5.74) is 1.19. The zero-order chi connectivity index (χ0) is 13.2. The molecule has 0 saturated carbocycles. The third kappa shape index (κ3) is 7.91. The summed E-state index contributed by atoms with van der Waals surface area (Å²) < 4.78 is 3.83. The molecule has 0 bridgehead atoms. The number of rotatable bonds is 2. The van der Waals surface area contributed by atoms with Gasteiger partial charge in [-0.3, -0.25) is 0 Å². The van der Waals surface area contributed by atoms with E-state index < -0.39 is 6.16 Å². The van der Waals surface area contributed by atoms with Crippen LogP contribution in [0.4, 0.5) is 4.79 Å². The van der Waals surface area contributed by atoms with Crippen LogP contribution in [0.1, 0.15) is 26.2 Å². The molecule has 2 rings (SSSR count). The van der Waals surface area contributed by atoms with Crippen molar-refractivity contribution in [1.82, 2.24) is 0 Å². The van der Waals surface area contributed by atoms with Crippen molar-refractivity contribution in [3.8, 4) is 0 Å². The summed E-state index contributed by atoms with van der Waals surface area (Å²) in [6, 6.07) is 0.406. The van der Waals surface area contributed by atoms with E-state index in [1.165, 1.54) is 31.9 Å². The molecule has 109 valence electrons. The summed E-state index contributed by atoms with van der Waals surface area (Å²) in [5.74, 6) is 0. The molecule has 5 nitrogen and oxygen atoms in total. The fourth-order valence-corrected chi connectivity index (χ4v) is 1.78. The van der Waals surface area contributed by atoms with Crippen LogP contribution in [0, 0.1) is 6.61 Å². The average molecular weight is 310 g/mol. The monoisotopic (exact) mass is 309 g/mol. The summed E-state index contributed by atoms with van der Waals surface area (Å²) in [7, 11) is 0. The van der Waals surface area contributed by atoms with Crippen LogP contribution >= 0.6 is 0 Å². The van der Waals surface area contributed by atoms with Gasteiger partial charge in [0.15, 0.2) is 0 Å². The predicted molar refractivity (Wildman–Crippen MR) is 70.4 cm³/mol. The second kappa shape index (κ2) is 10.9. The molecule has 1 N–H and O–H groups in total. The molecule has 6 heteroatoms. The van der Waals surface area contributed by atoms with Gasteiger partial charge in [-0.25, -0.2) is 4.79 Å². The summed E-state index contributed by atoms with van der Waals surface area (Å²) in [5, 5.41) is 16.7. The molecule has 1 fully saturated rings. The van der Waals surface area contributed by atoms with E-state index in [0.717, 1.165) is 19.7 Å². The summed E-state index contributed by atoms with van der Waals surface area (Å²) in [6.45, 7) is 4.47. The quantitative estimate of drug-likeness (QED) is 0.481. The average Bonchev–Trinajstić information content (AvgIpc) is 2.41. The fourth-order valence-electron chi connectivity index (χ4n) is 1.78. The third-order valence-electron chi connectivity index (χ3n) is 2.58. The molecule has 2 aliphatic heterocycles. The third-order valence-corrected chi connectivity index (χ3v) is 2.58. The van der Waals surface area contributed by atoms with E-state index in [4.69, 9.17) is 5.11 Å². The number of allylic oxidation sites excluding steroid dienone is 2. The van der Waals surface area contributed by atoms with Crippen LogP contribution in [0.15, 0.2) is 23.9 Å². The van der Waals surface area contributed by atoms with Gasteiger partial charge < -0.3 is 20.5 Å². The molecular formula is C13H19N2NiO3. The second-order valence-electron chi connectivity index (χ2n) is 3.90. The minimum Gasteiger partial charge on any atom is -0.686 e. The van der Waals surface area contributed by atoms with Gasteiger partial charge in [-0.05, 0) is 0 Å². The van der Waals surface area contributed by atoms with Crippen LogP contribution in [0.2, 0.25) is 0 Å². The Bertz CT molecular complexity index is 313. The van der Waals surface area contributed by atoms with E-state index in [0.29, 0.717) is 6.04 Å². The first kappa shape index (κ1) is 18.0. The number of carbonyl (C=O) groups is 1. The maximum absolute atomic E-state index is 9.35. The Labute approximate surface area is 124 Å². The van der Waals surface area contributed by atoms with Crippen LogP contribution in [0.5, 0.6) is 0 Å². The van der Waals surface area contributed by atoms with Crippen LogP contribution in [0.3, 0.4) is 0 Å². The molecule has 1 atom stereocenters. The van der Waals surface area contributed by atoms with Gasteiger partial charge >= 0.3 is 22.6 Å². The molecule has 1 saturated heterocycles. The largest absolute Gasteiger partial charge is 3.00 e. The Balaban J connectivity index is 0.000000404. The first-order chi connectivity index (χ1) is 8.74. The second-order valence-corrected chi connectivity index (χ2v) is 3.90. The van der Waals surface area contributed by atoms with E-state index >= 15 is 0 Å². The smallest absolute Gasteiger partial charge is 0.686 e. The van der Waals surface area contributed by atoms with Crippen molar-refractivity contribution in [2.45, 2.75) is 32.2 Å². The Hall–Kier alpha value is -0.996. The standard InChI is InChI=1S/C10H14N2.C3H5O3.Ni/c1-3-7-11-9(5-1)10-6-2-4-8-12-10;1-2-6-3(4)5;/h1,3,5,10H,2,4,6-8H2;2H,1H3,(H,4,5);/q-2;-1;+3. The van der Waals surface area contributed by atoms with E-state index in [9.17, 15) is 4.79 Å². The SMILES string of the molecule is C1=CC[N-]C(C2CCCC[N-]2)=C1.C[CH-]OC(=O)O.[Ni+3]. The molecule has 2 heterocycles. The molecule has 19 heavy (non-hydrogen) atoms. The molecular weight excluding hydrogens is 291 g/mol. The van der Waals surface area contributed by atoms with Gasteiger partial charge in [0.25, 0.3) is 0 Å². The Morgan fingerprint density at radius 3 is 2.74 bits per heavy atom. The van der Waals surface area contributed by atoms with Gasteiger partial charge in [0.2, 0.25) is 0 Å². The molecule has 2 aliphatic rings. The summed E-state index contributed by atoms with van der Waals surface area (Å²) >= 11 is 0. The van der Waals surface area contributed by atoms with Gasteiger partial charge in [0.05, 0.1) is 0 Å². The van der Waals surface area contributed by atoms with Gasteiger partial charge in [-0.15, -0.1) is 25.2 Å². The normalized spacial score (nSPS) is 20.9. The zero-order valence-electron chi connectivity index (χ0n) is 10.9. The van der Waals surface area contributed by atoms with Crippen molar-refractivity contribution in [2.24, 2.45) is 0 Å². The number of hydrogen-bond acceptors (Lipinski definition) is 2. The first-order valence-electron chi connectivity index (χ1n) is 6.12. The van der Waals surface area contributed by atoms with Gasteiger partial charge in [-0.1, -0.05) is 31.4 Å². The van der Waals surface area contributed by atoms with Gasteiger partial charge in [-0.2, -0.15) is 19.2 Å². The van der Waals surface area contributed by atoms with Crippen molar-refractivity contribution in [3.05, 3.63) is 41.2 Å². The summed E-state index contributed by atoms with van der Waals surface area (Å²) in [6.07, 6.45) is 8.77. The minimum absolute atomic E-state index is 0. The van der Waals surface area contributed by atoms with E-state index in [1.807, 2.05) is 0 Å². The van der Waals surface area contributed by atoms with E-state index in [-0.39, 0.29) is 16.5 Å². The van der Waals surface area contributed by atoms with E-state index in [2.05, 4.69) is 33.6 Å².